The minimum absolute atomic E-state index is 0.345. The second-order valence-electron chi connectivity index (χ2n) is 3.42. The topological polar surface area (TPSA) is 49.7 Å². The molecule has 0 saturated carbocycles. The van der Waals surface area contributed by atoms with Gasteiger partial charge in [-0.25, -0.2) is 0 Å². The van der Waals surface area contributed by atoms with Crippen LogP contribution in [0.5, 0.6) is 0 Å². The molecule has 1 unspecified atom stereocenters. The lowest BCUT2D eigenvalue weighted by atomic mass is 10.2. The van der Waals surface area contributed by atoms with Crippen LogP contribution in [-0.2, 0) is 14.6 Å². The number of unbranched alkanes of at least 4 members (excludes halogenated alkanes) is 3. The number of rotatable bonds is 8. The maximum atomic E-state index is 9.79. The van der Waals surface area contributed by atoms with Crippen LogP contribution < -0.4 is 0 Å². The Bertz CT molecular complexity index is 213. The van der Waals surface area contributed by atoms with E-state index in [2.05, 4.69) is 6.92 Å². The fourth-order valence-electron chi connectivity index (χ4n) is 1.37. The highest BCUT2D eigenvalue weighted by Crippen LogP contribution is 2.43. The van der Waals surface area contributed by atoms with E-state index in [0.29, 0.717) is 6.61 Å². The van der Waals surface area contributed by atoms with Gasteiger partial charge in [-0.05, 0) is 24.9 Å². The average molecular weight is 256 g/mol. The summed E-state index contributed by atoms with van der Waals surface area (Å²) in [5, 5.41) is 0. The van der Waals surface area contributed by atoms with Crippen LogP contribution in [0.25, 0.3) is 0 Å². The van der Waals surface area contributed by atoms with E-state index in [4.69, 9.17) is 4.52 Å². The van der Waals surface area contributed by atoms with Crippen LogP contribution in [-0.4, -0.2) is 27.9 Å². The molecule has 2 N–H and O–H groups in total. The van der Waals surface area contributed by atoms with Crippen LogP contribution in [0, 0.1) is 0 Å². The van der Waals surface area contributed by atoms with Crippen molar-refractivity contribution in [2.75, 3.05) is 18.1 Å². The second kappa shape index (κ2) is 8.77. The molecule has 0 fully saturated rings. The third kappa shape index (κ3) is 6.75. The zero-order chi connectivity index (χ0) is 11.7. The van der Waals surface area contributed by atoms with Gasteiger partial charge in [-0.1, -0.05) is 33.1 Å². The molecule has 15 heavy (non-hydrogen) atoms. The highest BCUT2D eigenvalue weighted by Gasteiger charge is 2.14. The summed E-state index contributed by atoms with van der Waals surface area (Å²) in [6, 6.07) is 0. The van der Waals surface area contributed by atoms with Gasteiger partial charge in [0.1, 0.15) is 0 Å². The molecule has 5 heteroatoms. The summed E-state index contributed by atoms with van der Waals surface area (Å²) >= 11 is 0. The largest absolute Gasteiger partial charge is 0.328 e. The van der Waals surface area contributed by atoms with Crippen molar-refractivity contribution < 1.29 is 14.3 Å². The fourth-order valence-corrected chi connectivity index (χ4v) is 6.13. The molecule has 0 radical (unpaired) electrons. The predicted molar refractivity (Wildman–Crippen MR) is 69.9 cm³/mol. The van der Waals surface area contributed by atoms with Gasteiger partial charge in [0.05, 0.1) is 6.61 Å². The van der Waals surface area contributed by atoms with Gasteiger partial charge < -0.3 is 14.3 Å². The first-order chi connectivity index (χ1) is 7.08. The maximum Gasteiger partial charge on any atom is 0.279 e. The Balaban J connectivity index is 4.20. The molecule has 0 saturated heterocycles. The molecule has 0 aromatic heterocycles. The van der Waals surface area contributed by atoms with Crippen LogP contribution in [0.3, 0.4) is 0 Å². The van der Waals surface area contributed by atoms with E-state index in [1.165, 1.54) is 19.3 Å². The number of hydrogen-bond donors (Lipinski definition) is 2. The van der Waals surface area contributed by atoms with E-state index >= 15 is 0 Å². The Labute approximate surface area is 96.0 Å². The van der Waals surface area contributed by atoms with Crippen molar-refractivity contribution in [1.29, 1.82) is 0 Å². The van der Waals surface area contributed by atoms with Gasteiger partial charge in [0.2, 0.25) is 0 Å². The van der Waals surface area contributed by atoms with Gasteiger partial charge in [0, 0.05) is 0 Å². The average Bonchev–Trinajstić information content (AvgIpc) is 2.17. The Hall–Kier alpha value is 0.660. The number of hydrogen-bond acceptors (Lipinski definition) is 1. The zero-order valence-corrected chi connectivity index (χ0v) is 11.8. The Morgan fingerprint density at radius 1 is 1.07 bits per heavy atom. The van der Waals surface area contributed by atoms with Crippen LogP contribution in [0.1, 0.15) is 46.5 Å². The second-order valence-corrected chi connectivity index (χ2v) is 9.55. The first-order valence-electron chi connectivity index (χ1n) is 5.75. The Morgan fingerprint density at radius 3 is 2.20 bits per heavy atom. The lowest BCUT2D eigenvalue weighted by molar-refractivity contribution is 0.265. The van der Waals surface area contributed by atoms with E-state index in [0.717, 1.165) is 17.9 Å². The molecule has 1 atom stereocenters. The van der Waals surface area contributed by atoms with E-state index in [1.54, 1.807) is 6.92 Å². The first kappa shape index (κ1) is 15.7. The summed E-state index contributed by atoms with van der Waals surface area (Å²) in [6.07, 6.45) is 4.72. The summed E-state index contributed by atoms with van der Waals surface area (Å²) in [7, 11) is -0.345. The monoisotopic (exact) mass is 256 g/mol. The molecule has 0 spiro atoms. The van der Waals surface area contributed by atoms with E-state index in [-0.39, 0.29) is 10.1 Å². The van der Waals surface area contributed by atoms with E-state index in [1.807, 2.05) is 6.92 Å². The van der Waals surface area contributed by atoms with Gasteiger partial charge in [0.25, 0.3) is 6.72 Å². The van der Waals surface area contributed by atoms with E-state index in [9.17, 15) is 9.79 Å². The molecule has 0 bridgehead atoms. The lowest BCUT2D eigenvalue weighted by Crippen LogP contribution is -2.05. The molecular weight excluding hydrogens is 231 g/mol. The highest BCUT2D eigenvalue weighted by molar-refractivity contribution is 8.27. The predicted octanol–water partition coefficient (Wildman–Crippen LogP) is 2.90. The summed E-state index contributed by atoms with van der Waals surface area (Å²) in [6.45, 7) is 3.29. The Morgan fingerprint density at radius 2 is 1.73 bits per heavy atom. The SMILES string of the molecule is CCCCCCS(CC)=P(O)(O)OCC. The van der Waals surface area contributed by atoms with Crippen molar-refractivity contribution in [3.63, 3.8) is 0 Å². The quantitative estimate of drug-likeness (QED) is 0.518. The summed E-state index contributed by atoms with van der Waals surface area (Å²) < 4.78 is 5.07. The maximum absolute atomic E-state index is 9.79. The summed E-state index contributed by atoms with van der Waals surface area (Å²) in [4.78, 5) is 19.6. The minimum Gasteiger partial charge on any atom is -0.328 e. The van der Waals surface area contributed by atoms with Crippen molar-refractivity contribution in [2.24, 2.45) is 0 Å². The molecule has 0 aromatic rings. The molecule has 0 amide bonds. The molecule has 3 nitrogen and oxygen atoms in total. The minimum atomic E-state index is -3.07. The van der Waals surface area contributed by atoms with Gasteiger partial charge in [-0.15, -0.1) is 10.1 Å². The molecule has 0 aromatic carbocycles. The van der Waals surface area contributed by atoms with Crippen LogP contribution in [0.4, 0.5) is 0 Å². The Kier molecular flexibility index (Phi) is 9.16. The zero-order valence-electron chi connectivity index (χ0n) is 10.1. The molecule has 94 valence electrons. The summed E-state index contributed by atoms with van der Waals surface area (Å²) in [5.41, 5.74) is 0. The molecule has 0 heterocycles. The van der Waals surface area contributed by atoms with Gasteiger partial charge in [-0.2, -0.15) is 0 Å². The van der Waals surface area contributed by atoms with Crippen LogP contribution in [0.2, 0.25) is 0 Å². The van der Waals surface area contributed by atoms with Crippen molar-refractivity contribution in [2.45, 2.75) is 46.5 Å². The summed E-state index contributed by atoms with van der Waals surface area (Å²) in [5.74, 6) is 1.71. The fraction of sp³-hybridized carbons (Fsp3) is 1.00. The van der Waals surface area contributed by atoms with Gasteiger partial charge in [-0.3, -0.25) is 0 Å². The molecule has 0 aliphatic carbocycles. The smallest absolute Gasteiger partial charge is 0.279 e. The van der Waals surface area contributed by atoms with E-state index < -0.39 is 6.72 Å². The van der Waals surface area contributed by atoms with Crippen molar-refractivity contribution in [3.05, 3.63) is 0 Å². The lowest BCUT2D eigenvalue weighted by Gasteiger charge is -2.18. The standard InChI is InChI=1S/C10H25O3PS/c1-4-7-8-9-10-15(6-3)14(11,12)13-5-2/h11-12H,4-10H2,1-3H3. The van der Waals surface area contributed by atoms with Crippen molar-refractivity contribution in [3.8, 4) is 0 Å². The van der Waals surface area contributed by atoms with Crippen LogP contribution >= 0.6 is 6.72 Å². The highest BCUT2D eigenvalue weighted by atomic mass is 32.5. The molecule has 0 aliphatic rings. The molecule has 0 rings (SSSR count). The first-order valence-corrected chi connectivity index (χ1v) is 9.53. The van der Waals surface area contributed by atoms with Gasteiger partial charge in [0.15, 0.2) is 0 Å². The van der Waals surface area contributed by atoms with Crippen molar-refractivity contribution in [1.82, 2.24) is 0 Å². The third-order valence-electron chi connectivity index (χ3n) is 2.20. The third-order valence-corrected chi connectivity index (χ3v) is 8.55. The van der Waals surface area contributed by atoms with Crippen LogP contribution in [0.15, 0.2) is 0 Å². The molecule has 0 aliphatic heterocycles. The van der Waals surface area contributed by atoms with Gasteiger partial charge >= 0.3 is 0 Å². The van der Waals surface area contributed by atoms with Crippen molar-refractivity contribution >= 4 is 16.8 Å². The molecular formula is C10H25O3PS. The normalized spacial score (nSPS) is 14.2.